The highest BCUT2D eigenvalue weighted by molar-refractivity contribution is 7.99. The molecule has 0 spiro atoms. The third-order valence-electron chi connectivity index (χ3n) is 3.44. The topological polar surface area (TPSA) is 62.3 Å². The number of rotatable bonds is 4. The van der Waals surface area contributed by atoms with E-state index >= 15 is 0 Å². The molecule has 1 aliphatic rings. The summed E-state index contributed by atoms with van der Waals surface area (Å²) in [6.07, 6.45) is 0.0257. The number of nitrogens with zero attached hydrogens (tertiary/aromatic N) is 2. The van der Waals surface area contributed by atoms with Crippen molar-refractivity contribution in [3.8, 4) is 6.07 Å². The minimum atomic E-state index is -0.00321. The lowest BCUT2D eigenvalue weighted by Gasteiger charge is -2.36. The van der Waals surface area contributed by atoms with Crippen molar-refractivity contribution in [3.05, 3.63) is 23.8 Å². The summed E-state index contributed by atoms with van der Waals surface area (Å²) >= 11 is 1.71. The van der Waals surface area contributed by atoms with E-state index in [0.29, 0.717) is 6.61 Å². The maximum atomic E-state index is 9.49. The Morgan fingerprint density at radius 1 is 1.60 bits per heavy atom. The molecule has 2 N–H and O–H groups in total. The van der Waals surface area contributed by atoms with Crippen molar-refractivity contribution in [2.75, 3.05) is 30.3 Å². The third kappa shape index (κ3) is 3.26. The van der Waals surface area contributed by atoms with Crippen molar-refractivity contribution >= 4 is 17.4 Å². The molecule has 0 aromatic heterocycles. The van der Waals surface area contributed by atoms with Crippen LogP contribution in [0.5, 0.6) is 0 Å². The Hall–Kier alpha value is -1.22. The molecule has 1 aliphatic heterocycles. The van der Waals surface area contributed by atoms with E-state index in [0.717, 1.165) is 35.0 Å². The first-order valence-electron chi connectivity index (χ1n) is 6.95. The molecule has 1 fully saturated rings. The van der Waals surface area contributed by atoms with Gasteiger partial charge in [-0.25, -0.2) is 0 Å². The summed E-state index contributed by atoms with van der Waals surface area (Å²) < 4.78 is 5.69. The van der Waals surface area contributed by atoms with E-state index in [9.17, 15) is 5.26 Å². The lowest BCUT2D eigenvalue weighted by Crippen LogP contribution is -2.49. The number of thioether (sulfide) groups is 1. The van der Waals surface area contributed by atoms with Gasteiger partial charge in [-0.3, -0.25) is 0 Å². The fraction of sp³-hybridized carbons (Fsp3) is 0.533. The first-order chi connectivity index (χ1) is 9.67. The first kappa shape index (κ1) is 15.2. The zero-order valence-corrected chi connectivity index (χ0v) is 12.8. The van der Waals surface area contributed by atoms with Crippen LogP contribution in [0.1, 0.15) is 19.4 Å². The van der Waals surface area contributed by atoms with Gasteiger partial charge >= 0.3 is 0 Å². The van der Waals surface area contributed by atoms with Crippen LogP contribution < -0.4 is 10.6 Å². The number of morpholine rings is 1. The normalized spacial score (nSPS) is 20.5. The van der Waals surface area contributed by atoms with E-state index < -0.39 is 0 Å². The van der Waals surface area contributed by atoms with Gasteiger partial charge in [0.25, 0.3) is 0 Å². The lowest BCUT2D eigenvalue weighted by atomic mass is 10.1. The summed E-state index contributed by atoms with van der Waals surface area (Å²) in [4.78, 5) is 3.27. The van der Waals surface area contributed by atoms with Crippen LogP contribution in [-0.2, 0) is 4.74 Å². The molecule has 0 amide bonds. The lowest BCUT2D eigenvalue weighted by molar-refractivity contribution is 0.0276. The van der Waals surface area contributed by atoms with Crippen molar-refractivity contribution in [2.24, 2.45) is 5.73 Å². The second-order valence-corrected chi connectivity index (χ2v) is 6.22. The summed E-state index contributed by atoms with van der Waals surface area (Å²) in [5.74, 6) is 0.962. The van der Waals surface area contributed by atoms with Crippen molar-refractivity contribution in [1.82, 2.24) is 0 Å². The highest BCUT2D eigenvalue weighted by atomic mass is 32.2. The molecule has 1 aromatic rings. The Bertz CT molecular complexity index is 498. The molecule has 2 rings (SSSR count). The van der Waals surface area contributed by atoms with Crippen LogP contribution in [-0.4, -0.2) is 37.6 Å². The molecule has 2 unspecified atom stereocenters. The Morgan fingerprint density at radius 3 is 3.05 bits per heavy atom. The summed E-state index contributed by atoms with van der Waals surface area (Å²) in [6.45, 7) is 6.26. The maximum absolute atomic E-state index is 9.49. The molecular formula is C15H21N3OS. The summed E-state index contributed by atoms with van der Waals surface area (Å²) in [5, 5.41) is 9.49. The number of benzene rings is 1. The van der Waals surface area contributed by atoms with Crippen LogP contribution >= 0.6 is 11.8 Å². The van der Waals surface area contributed by atoms with E-state index in [-0.39, 0.29) is 12.1 Å². The van der Waals surface area contributed by atoms with Gasteiger partial charge in [0.1, 0.15) is 6.07 Å². The first-order valence-corrected chi connectivity index (χ1v) is 7.94. The highest BCUT2D eigenvalue weighted by Crippen LogP contribution is 2.31. The van der Waals surface area contributed by atoms with E-state index in [4.69, 9.17) is 10.5 Å². The molecule has 108 valence electrons. The predicted octanol–water partition coefficient (Wildman–Crippen LogP) is 2.22. The molecule has 0 bridgehead atoms. The van der Waals surface area contributed by atoms with E-state index in [2.05, 4.69) is 17.9 Å². The van der Waals surface area contributed by atoms with Crippen molar-refractivity contribution in [1.29, 1.82) is 5.26 Å². The highest BCUT2D eigenvalue weighted by Gasteiger charge is 2.25. The third-order valence-corrected chi connectivity index (χ3v) is 4.38. The largest absolute Gasteiger partial charge is 0.373 e. The molecule has 0 radical (unpaired) electrons. The van der Waals surface area contributed by atoms with Gasteiger partial charge in [-0.15, -0.1) is 11.8 Å². The van der Waals surface area contributed by atoms with Crippen LogP contribution in [0.4, 0.5) is 5.69 Å². The molecule has 1 aromatic carbocycles. The average molecular weight is 291 g/mol. The smallest absolute Gasteiger partial charge is 0.103 e. The fourth-order valence-electron chi connectivity index (χ4n) is 2.38. The number of nitriles is 1. The zero-order valence-electron chi connectivity index (χ0n) is 12.0. The van der Waals surface area contributed by atoms with Gasteiger partial charge < -0.3 is 15.4 Å². The van der Waals surface area contributed by atoms with Crippen LogP contribution in [0.3, 0.4) is 0 Å². The molecule has 0 saturated carbocycles. The Balaban J connectivity index is 2.28. The monoisotopic (exact) mass is 291 g/mol. The van der Waals surface area contributed by atoms with Crippen LogP contribution in [0, 0.1) is 11.3 Å². The standard InChI is InChI=1S/C15H21N3OS/c1-3-20-15-6-4-5-13(12(15)9-16)18-7-8-19-14(10-18)11(2)17/h4-6,11,14H,3,7-8,10,17H2,1-2H3. The SMILES string of the molecule is CCSc1cccc(N2CCOC(C(C)N)C2)c1C#N. The van der Waals surface area contributed by atoms with Gasteiger partial charge in [0.15, 0.2) is 0 Å². The summed E-state index contributed by atoms with van der Waals surface area (Å²) in [7, 11) is 0. The molecule has 4 nitrogen and oxygen atoms in total. The maximum Gasteiger partial charge on any atom is 0.103 e. The molecule has 1 saturated heterocycles. The number of hydrogen-bond acceptors (Lipinski definition) is 5. The van der Waals surface area contributed by atoms with Gasteiger partial charge in [0.2, 0.25) is 0 Å². The number of anilines is 1. The molecule has 20 heavy (non-hydrogen) atoms. The molecule has 2 atom stereocenters. The summed E-state index contributed by atoms with van der Waals surface area (Å²) in [5.41, 5.74) is 7.70. The molecule has 5 heteroatoms. The zero-order chi connectivity index (χ0) is 14.5. The van der Waals surface area contributed by atoms with Crippen molar-refractivity contribution < 1.29 is 4.74 Å². The quantitative estimate of drug-likeness (QED) is 0.862. The number of ether oxygens (including phenoxy) is 1. The minimum absolute atomic E-state index is 0.00321. The Kier molecular flexibility index (Phi) is 5.30. The van der Waals surface area contributed by atoms with Gasteiger partial charge in [-0.1, -0.05) is 13.0 Å². The van der Waals surface area contributed by atoms with Crippen molar-refractivity contribution in [2.45, 2.75) is 30.9 Å². The fourth-order valence-corrected chi connectivity index (χ4v) is 3.16. The summed E-state index contributed by atoms with van der Waals surface area (Å²) in [6, 6.07) is 8.40. The van der Waals surface area contributed by atoms with Crippen LogP contribution in [0.2, 0.25) is 0 Å². The van der Waals surface area contributed by atoms with Crippen LogP contribution in [0.15, 0.2) is 23.1 Å². The second kappa shape index (κ2) is 6.98. The van der Waals surface area contributed by atoms with Gasteiger partial charge in [-0.2, -0.15) is 5.26 Å². The minimum Gasteiger partial charge on any atom is -0.373 e. The molecule has 0 aliphatic carbocycles. The Labute approximate surface area is 124 Å². The molecule has 1 heterocycles. The molecular weight excluding hydrogens is 270 g/mol. The van der Waals surface area contributed by atoms with Gasteiger partial charge in [-0.05, 0) is 24.8 Å². The Morgan fingerprint density at radius 2 is 2.40 bits per heavy atom. The van der Waals surface area contributed by atoms with Crippen LogP contribution in [0.25, 0.3) is 0 Å². The van der Waals surface area contributed by atoms with E-state index in [1.165, 1.54) is 0 Å². The van der Waals surface area contributed by atoms with E-state index in [1.807, 2.05) is 25.1 Å². The van der Waals surface area contributed by atoms with Gasteiger partial charge in [0.05, 0.1) is 24.0 Å². The van der Waals surface area contributed by atoms with Gasteiger partial charge in [0, 0.05) is 24.0 Å². The van der Waals surface area contributed by atoms with E-state index in [1.54, 1.807) is 11.8 Å². The predicted molar refractivity (Wildman–Crippen MR) is 83.2 cm³/mol. The average Bonchev–Trinajstić information content (AvgIpc) is 2.47. The number of nitrogens with two attached hydrogens (primary N) is 1. The van der Waals surface area contributed by atoms with Crippen molar-refractivity contribution in [3.63, 3.8) is 0 Å². The second-order valence-electron chi connectivity index (χ2n) is 4.91. The number of hydrogen-bond donors (Lipinski definition) is 1.